The van der Waals surface area contributed by atoms with E-state index in [1.807, 2.05) is 0 Å². The molecule has 0 aliphatic rings. The van der Waals surface area contributed by atoms with Gasteiger partial charge in [-0.3, -0.25) is 4.79 Å². The SMILES string of the molecule is Cc1c(C#N)cc(C(=O)Cl)cc1C(F)(F)F. The summed E-state index contributed by atoms with van der Waals surface area (Å²) in [7, 11) is 0. The minimum absolute atomic E-state index is 0.209. The van der Waals surface area contributed by atoms with E-state index in [0.29, 0.717) is 6.07 Å². The van der Waals surface area contributed by atoms with Gasteiger partial charge in [0.05, 0.1) is 17.2 Å². The van der Waals surface area contributed by atoms with E-state index in [1.165, 1.54) is 6.92 Å². The number of carbonyl (C=O) groups excluding carboxylic acids is 1. The van der Waals surface area contributed by atoms with Gasteiger partial charge in [0.25, 0.3) is 5.24 Å². The molecular weight excluding hydrogens is 243 g/mol. The first-order valence-electron chi connectivity index (χ1n) is 4.09. The van der Waals surface area contributed by atoms with Crippen LogP contribution in [0.15, 0.2) is 12.1 Å². The molecule has 1 aromatic rings. The second-order valence-electron chi connectivity index (χ2n) is 3.08. The highest BCUT2D eigenvalue weighted by Crippen LogP contribution is 2.34. The van der Waals surface area contributed by atoms with Crippen LogP contribution in [-0.4, -0.2) is 5.24 Å². The van der Waals surface area contributed by atoms with Crippen molar-refractivity contribution in [3.05, 3.63) is 34.4 Å². The van der Waals surface area contributed by atoms with E-state index in [2.05, 4.69) is 0 Å². The summed E-state index contributed by atoms with van der Waals surface area (Å²) in [6.45, 7) is 1.17. The molecule has 0 heterocycles. The number of hydrogen-bond donors (Lipinski definition) is 0. The summed E-state index contributed by atoms with van der Waals surface area (Å²) in [5.74, 6) is 0. The number of nitriles is 1. The van der Waals surface area contributed by atoms with Gasteiger partial charge in [-0.1, -0.05) is 0 Å². The molecule has 0 aromatic heterocycles. The lowest BCUT2D eigenvalue weighted by Crippen LogP contribution is -2.10. The maximum atomic E-state index is 12.5. The Bertz CT molecular complexity index is 488. The third-order valence-electron chi connectivity index (χ3n) is 2.06. The lowest BCUT2D eigenvalue weighted by molar-refractivity contribution is -0.138. The Kier molecular flexibility index (Phi) is 3.24. The fraction of sp³-hybridized carbons (Fsp3) is 0.200. The zero-order chi connectivity index (χ0) is 12.5. The normalized spacial score (nSPS) is 11.0. The van der Waals surface area contributed by atoms with Crippen molar-refractivity contribution in [2.75, 3.05) is 0 Å². The minimum Gasteiger partial charge on any atom is -0.276 e. The van der Waals surface area contributed by atoms with E-state index in [0.717, 1.165) is 6.07 Å². The molecule has 16 heavy (non-hydrogen) atoms. The van der Waals surface area contributed by atoms with Crippen LogP contribution in [0.3, 0.4) is 0 Å². The van der Waals surface area contributed by atoms with Crippen molar-refractivity contribution in [1.29, 1.82) is 5.26 Å². The number of benzene rings is 1. The van der Waals surface area contributed by atoms with Crippen molar-refractivity contribution in [2.24, 2.45) is 0 Å². The number of alkyl halides is 3. The molecule has 0 saturated heterocycles. The average Bonchev–Trinajstić information content (AvgIpc) is 2.15. The van der Waals surface area contributed by atoms with Gasteiger partial charge < -0.3 is 0 Å². The van der Waals surface area contributed by atoms with E-state index < -0.39 is 17.0 Å². The highest BCUT2D eigenvalue weighted by atomic mass is 35.5. The Morgan fingerprint density at radius 1 is 1.44 bits per heavy atom. The molecule has 84 valence electrons. The van der Waals surface area contributed by atoms with Gasteiger partial charge in [-0.2, -0.15) is 18.4 Å². The van der Waals surface area contributed by atoms with E-state index in [9.17, 15) is 18.0 Å². The van der Waals surface area contributed by atoms with Gasteiger partial charge in [0.2, 0.25) is 0 Å². The Morgan fingerprint density at radius 2 is 2.00 bits per heavy atom. The first-order valence-corrected chi connectivity index (χ1v) is 4.47. The maximum absolute atomic E-state index is 12.5. The summed E-state index contributed by atoms with van der Waals surface area (Å²) in [6.07, 6.45) is -4.61. The van der Waals surface area contributed by atoms with Crippen molar-refractivity contribution < 1.29 is 18.0 Å². The molecule has 0 radical (unpaired) electrons. The topological polar surface area (TPSA) is 40.9 Å². The van der Waals surface area contributed by atoms with E-state index in [1.54, 1.807) is 6.07 Å². The van der Waals surface area contributed by atoms with Gasteiger partial charge >= 0.3 is 6.18 Å². The van der Waals surface area contributed by atoms with Crippen LogP contribution in [0.2, 0.25) is 0 Å². The predicted octanol–water partition coefficient (Wildman–Crippen LogP) is 3.26. The molecular formula is C10H5ClF3NO. The molecule has 2 nitrogen and oxygen atoms in total. The monoisotopic (exact) mass is 247 g/mol. The standard InChI is InChI=1S/C10H5ClF3NO/c1-5-7(4-15)2-6(9(11)16)3-8(5)10(12,13)14/h2-3H,1H3. The fourth-order valence-corrected chi connectivity index (χ4v) is 1.35. The lowest BCUT2D eigenvalue weighted by atomic mass is 9.99. The summed E-state index contributed by atoms with van der Waals surface area (Å²) >= 11 is 5.09. The van der Waals surface area contributed by atoms with Crippen LogP contribution in [-0.2, 0) is 6.18 Å². The van der Waals surface area contributed by atoms with Crippen molar-refractivity contribution in [2.45, 2.75) is 13.1 Å². The van der Waals surface area contributed by atoms with Gasteiger partial charge in [0.15, 0.2) is 0 Å². The number of rotatable bonds is 1. The molecule has 0 amide bonds. The fourth-order valence-electron chi connectivity index (χ4n) is 1.24. The summed E-state index contributed by atoms with van der Waals surface area (Å²) < 4.78 is 37.6. The lowest BCUT2D eigenvalue weighted by Gasteiger charge is -2.12. The second-order valence-corrected chi connectivity index (χ2v) is 3.42. The number of nitrogens with zero attached hydrogens (tertiary/aromatic N) is 1. The Labute approximate surface area is 94.2 Å². The molecule has 0 aliphatic heterocycles. The molecule has 1 aromatic carbocycles. The summed E-state index contributed by atoms with van der Waals surface area (Å²) in [6, 6.07) is 3.28. The molecule has 0 spiro atoms. The third kappa shape index (κ3) is 2.34. The number of halogens is 4. The first kappa shape index (κ1) is 12.5. The van der Waals surface area contributed by atoms with Crippen LogP contribution in [0, 0.1) is 18.3 Å². The van der Waals surface area contributed by atoms with Crippen LogP contribution >= 0.6 is 11.6 Å². The zero-order valence-corrected chi connectivity index (χ0v) is 8.78. The van der Waals surface area contributed by atoms with Crippen molar-refractivity contribution in [1.82, 2.24) is 0 Å². The zero-order valence-electron chi connectivity index (χ0n) is 8.02. The van der Waals surface area contributed by atoms with Gasteiger partial charge in [0.1, 0.15) is 0 Å². The van der Waals surface area contributed by atoms with E-state index in [4.69, 9.17) is 16.9 Å². The van der Waals surface area contributed by atoms with Gasteiger partial charge in [-0.25, -0.2) is 0 Å². The largest absolute Gasteiger partial charge is 0.416 e. The Hall–Kier alpha value is -1.54. The van der Waals surface area contributed by atoms with Crippen LogP contribution in [0.5, 0.6) is 0 Å². The minimum atomic E-state index is -4.61. The molecule has 1 rings (SSSR count). The van der Waals surface area contributed by atoms with Crippen LogP contribution in [0.4, 0.5) is 13.2 Å². The molecule has 0 atom stereocenters. The van der Waals surface area contributed by atoms with Crippen molar-refractivity contribution in [3.63, 3.8) is 0 Å². The molecule has 0 aliphatic carbocycles. The predicted molar refractivity (Wildman–Crippen MR) is 51.1 cm³/mol. The average molecular weight is 248 g/mol. The first-order chi connectivity index (χ1) is 7.27. The molecule has 0 unspecified atom stereocenters. The Balaban J connectivity index is 3.56. The summed E-state index contributed by atoms with van der Waals surface area (Å²) in [5.41, 5.74) is -1.78. The number of carbonyl (C=O) groups is 1. The van der Waals surface area contributed by atoms with Crippen molar-refractivity contribution in [3.8, 4) is 6.07 Å². The van der Waals surface area contributed by atoms with Crippen LogP contribution < -0.4 is 0 Å². The highest BCUT2D eigenvalue weighted by molar-refractivity contribution is 6.67. The van der Waals surface area contributed by atoms with Gasteiger partial charge in [-0.15, -0.1) is 0 Å². The molecule has 6 heteroatoms. The van der Waals surface area contributed by atoms with E-state index in [-0.39, 0.29) is 16.7 Å². The molecule has 0 saturated carbocycles. The number of hydrogen-bond acceptors (Lipinski definition) is 2. The molecule has 0 fully saturated rings. The van der Waals surface area contributed by atoms with Crippen LogP contribution in [0.25, 0.3) is 0 Å². The maximum Gasteiger partial charge on any atom is 0.416 e. The van der Waals surface area contributed by atoms with Crippen molar-refractivity contribution >= 4 is 16.8 Å². The smallest absolute Gasteiger partial charge is 0.276 e. The molecule has 0 N–H and O–H groups in total. The van der Waals surface area contributed by atoms with Gasteiger partial charge in [-0.05, 0) is 36.2 Å². The summed E-state index contributed by atoms with van der Waals surface area (Å²) in [5, 5.41) is 7.62. The Morgan fingerprint density at radius 3 is 2.38 bits per heavy atom. The quantitative estimate of drug-likeness (QED) is 0.715. The second kappa shape index (κ2) is 4.14. The summed E-state index contributed by atoms with van der Waals surface area (Å²) in [4.78, 5) is 10.8. The van der Waals surface area contributed by atoms with Crippen LogP contribution in [0.1, 0.15) is 27.0 Å². The highest BCUT2D eigenvalue weighted by Gasteiger charge is 2.34. The van der Waals surface area contributed by atoms with Gasteiger partial charge in [0, 0.05) is 5.56 Å². The molecule has 0 bridgehead atoms. The van der Waals surface area contributed by atoms with E-state index >= 15 is 0 Å². The third-order valence-corrected chi connectivity index (χ3v) is 2.28.